The molecule has 0 radical (unpaired) electrons. The monoisotopic (exact) mass is 404 g/mol. The quantitative estimate of drug-likeness (QED) is 0.683. The van der Waals surface area contributed by atoms with Gasteiger partial charge in [-0.25, -0.2) is 13.2 Å². The van der Waals surface area contributed by atoms with E-state index < -0.39 is 28.5 Å². The minimum absolute atomic E-state index is 0.0191. The molecule has 1 amide bonds. The van der Waals surface area contributed by atoms with Crippen LogP contribution in [-0.4, -0.2) is 40.0 Å². The van der Waals surface area contributed by atoms with Crippen LogP contribution in [0.2, 0.25) is 0 Å². The maximum Gasteiger partial charge on any atom is 0.338 e. The third kappa shape index (κ3) is 4.89. The number of benzene rings is 2. The molecule has 28 heavy (non-hydrogen) atoms. The van der Waals surface area contributed by atoms with Crippen LogP contribution in [0, 0.1) is 6.92 Å². The number of nitrogens with zero attached hydrogens (tertiary/aromatic N) is 1. The molecule has 0 aliphatic heterocycles. The molecule has 0 saturated carbocycles. The van der Waals surface area contributed by atoms with Crippen molar-refractivity contribution in [2.75, 3.05) is 24.0 Å². The molecule has 0 fully saturated rings. The molecule has 1 N–H and O–H groups in total. The number of esters is 1. The Bertz CT molecular complexity index is 942. The average Bonchev–Trinajstić information content (AvgIpc) is 2.67. The third-order valence-corrected chi connectivity index (χ3v) is 6.08. The highest BCUT2D eigenvalue weighted by molar-refractivity contribution is 7.92. The van der Waals surface area contributed by atoms with E-state index in [9.17, 15) is 18.0 Å². The summed E-state index contributed by atoms with van der Waals surface area (Å²) in [4.78, 5) is 23.7. The molecule has 2 aromatic rings. The molecule has 0 spiro atoms. The van der Waals surface area contributed by atoms with Crippen molar-refractivity contribution in [1.29, 1.82) is 0 Å². The predicted molar refractivity (Wildman–Crippen MR) is 107 cm³/mol. The van der Waals surface area contributed by atoms with Gasteiger partial charge in [-0.1, -0.05) is 24.3 Å². The molecule has 0 heterocycles. The normalized spacial score (nSPS) is 11.0. The molecule has 7 nitrogen and oxygen atoms in total. The summed E-state index contributed by atoms with van der Waals surface area (Å²) >= 11 is 0. The molecule has 0 saturated heterocycles. The van der Waals surface area contributed by atoms with Crippen molar-refractivity contribution in [2.24, 2.45) is 0 Å². The third-order valence-electron chi connectivity index (χ3n) is 4.03. The number of hydrogen-bond donors (Lipinski definition) is 1. The second kappa shape index (κ2) is 9.36. The Hall–Kier alpha value is -2.87. The van der Waals surface area contributed by atoms with E-state index in [0.717, 1.165) is 0 Å². The summed E-state index contributed by atoms with van der Waals surface area (Å²) in [5.74, 6) is -1.18. The average molecular weight is 404 g/mol. The largest absolute Gasteiger partial charge is 0.452 e. The molecule has 0 bridgehead atoms. The zero-order chi connectivity index (χ0) is 20.7. The van der Waals surface area contributed by atoms with Gasteiger partial charge in [0.1, 0.15) is 0 Å². The van der Waals surface area contributed by atoms with Crippen LogP contribution in [0.4, 0.5) is 5.69 Å². The molecule has 8 heteroatoms. The number of sulfonamides is 1. The molecule has 0 aliphatic carbocycles. The molecule has 0 unspecified atom stereocenters. The van der Waals surface area contributed by atoms with Crippen molar-refractivity contribution in [1.82, 2.24) is 5.32 Å². The Morgan fingerprint density at radius 2 is 1.75 bits per heavy atom. The second-order valence-corrected chi connectivity index (χ2v) is 7.85. The summed E-state index contributed by atoms with van der Waals surface area (Å²) < 4.78 is 32.7. The van der Waals surface area contributed by atoms with E-state index in [1.165, 1.54) is 16.4 Å². The standard InChI is InChI=1S/C20H24N2O5S/c1-4-21-19(23)14-27-20(24)16-12-11-15(3)18(13-16)28(25,26)22(5-2)17-9-7-6-8-10-17/h6-13H,4-5,14H2,1-3H3,(H,21,23). The zero-order valence-electron chi connectivity index (χ0n) is 16.1. The summed E-state index contributed by atoms with van der Waals surface area (Å²) in [6.45, 7) is 5.39. The summed E-state index contributed by atoms with van der Waals surface area (Å²) in [6.07, 6.45) is 0. The Labute approximate surface area is 165 Å². The lowest BCUT2D eigenvalue weighted by atomic mass is 10.1. The minimum atomic E-state index is -3.88. The number of nitrogens with one attached hydrogen (secondary N) is 1. The smallest absolute Gasteiger partial charge is 0.338 e. The van der Waals surface area contributed by atoms with Crippen molar-refractivity contribution < 1.29 is 22.7 Å². The molecule has 0 aromatic heterocycles. The van der Waals surface area contributed by atoms with Crippen LogP contribution < -0.4 is 9.62 Å². The maximum absolute atomic E-state index is 13.2. The molecule has 2 aromatic carbocycles. The lowest BCUT2D eigenvalue weighted by Crippen LogP contribution is -2.31. The van der Waals surface area contributed by atoms with Gasteiger partial charge in [-0.3, -0.25) is 9.10 Å². The van der Waals surface area contributed by atoms with Gasteiger partial charge in [0.25, 0.3) is 15.9 Å². The summed E-state index contributed by atoms with van der Waals surface area (Å²) in [5, 5.41) is 2.52. The van der Waals surface area contributed by atoms with Gasteiger partial charge in [-0.05, 0) is 50.6 Å². The van der Waals surface area contributed by atoms with Gasteiger partial charge in [0.05, 0.1) is 16.1 Å². The molecule has 0 atom stereocenters. The molecule has 2 rings (SSSR count). The molecule has 150 valence electrons. The summed E-state index contributed by atoms with van der Waals surface area (Å²) in [5.41, 5.74) is 1.11. The zero-order valence-corrected chi connectivity index (χ0v) is 17.0. The minimum Gasteiger partial charge on any atom is -0.452 e. The van der Waals surface area contributed by atoms with E-state index >= 15 is 0 Å². The number of aryl methyl sites for hydroxylation is 1. The van der Waals surface area contributed by atoms with Gasteiger partial charge < -0.3 is 10.1 Å². The first-order valence-electron chi connectivity index (χ1n) is 8.93. The Morgan fingerprint density at radius 3 is 2.36 bits per heavy atom. The highest BCUT2D eigenvalue weighted by Gasteiger charge is 2.26. The lowest BCUT2D eigenvalue weighted by Gasteiger charge is -2.24. The number of likely N-dealkylation sites (N-methyl/N-ethyl adjacent to an activating group) is 1. The first kappa shape index (κ1) is 21.4. The Kier molecular flexibility index (Phi) is 7.17. The number of rotatable bonds is 8. The van der Waals surface area contributed by atoms with Gasteiger partial charge in [-0.2, -0.15) is 0 Å². The second-order valence-electron chi connectivity index (χ2n) is 6.02. The SMILES string of the molecule is CCNC(=O)COC(=O)c1ccc(C)c(S(=O)(=O)N(CC)c2ccccc2)c1. The summed E-state index contributed by atoms with van der Waals surface area (Å²) in [7, 11) is -3.88. The first-order chi connectivity index (χ1) is 13.3. The van der Waals surface area contributed by atoms with Crippen LogP contribution >= 0.6 is 0 Å². The van der Waals surface area contributed by atoms with E-state index in [4.69, 9.17) is 4.74 Å². The topological polar surface area (TPSA) is 92.8 Å². The molecular weight excluding hydrogens is 380 g/mol. The van der Waals surface area contributed by atoms with Gasteiger partial charge in [0.15, 0.2) is 6.61 Å². The van der Waals surface area contributed by atoms with Crippen LogP contribution in [0.5, 0.6) is 0 Å². The number of carbonyl (C=O) groups is 2. The highest BCUT2D eigenvalue weighted by atomic mass is 32.2. The lowest BCUT2D eigenvalue weighted by molar-refractivity contribution is -0.124. The number of para-hydroxylation sites is 1. The first-order valence-corrected chi connectivity index (χ1v) is 10.4. The molecular formula is C20H24N2O5S. The number of anilines is 1. The van der Waals surface area contributed by atoms with E-state index in [1.807, 2.05) is 0 Å². The fraction of sp³-hybridized carbons (Fsp3) is 0.300. The van der Waals surface area contributed by atoms with Crippen LogP contribution in [0.25, 0.3) is 0 Å². The van der Waals surface area contributed by atoms with Gasteiger partial charge in [0, 0.05) is 13.1 Å². The fourth-order valence-corrected chi connectivity index (χ4v) is 4.40. The van der Waals surface area contributed by atoms with Crippen LogP contribution in [0.15, 0.2) is 53.4 Å². The van der Waals surface area contributed by atoms with E-state index in [1.54, 1.807) is 57.2 Å². The van der Waals surface area contributed by atoms with Gasteiger partial charge in [-0.15, -0.1) is 0 Å². The summed E-state index contributed by atoms with van der Waals surface area (Å²) in [6, 6.07) is 13.1. The van der Waals surface area contributed by atoms with E-state index in [-0.39, 0.29) is 17.0 Å². The van der Waals surface area contributed by atoms with Crippen molar-refractivity contribution in [3.63, 3.8) is 0 Å². The fourth-order valence-electron chi connectivity index (χ4n) is 2.67. The van der Waals surface area contributed by atoms with Crippen molar-refractivity contribution in [2.45, 2.75) is 25.7 Å². The van der Waals surface area contributed by atoms with Crippen molar-refractivity contribution >= 4 is 27.6 Å². The van der Waals surface area contributed by atoms with Crippen molar-refractivity contribution in [3.8, 4) is 0 Å². The number of ether oxygens (including phenoxy) is 1. The number of amides is 1. The van der Waals surface area contributed by atoms with Gasteiger partial charge in [0.2, 0.25) is 0 Å². The number of hydrogen-bond acceptors (Lipinski definition) is 5. The van der Waals surface area contributed by atoms with Crippen LogP contribution in [0.1, 0.15) is 29.8 Å². The predicted octanol–water partition coefficient (Wildman–Crippen LogP) is 2.50. The maximum atomic E-state index is 13.2. The van der Waals surface area contributed by atoms with E-state index in [0.29, 0.717) is 17.8 Å². The number of carbonyl (C=O) groups excluding carboxylic acids is 2. The van der Waals surface area contributed by atoms with Crippen LogP contribution in [-0.2, 0) is 19.6 Å². The van der Waals surface area contributed by atoms with Crippen molar-refractivity contribution in [3.05, 3.63) is 59.7 Å². The van der Waals surface area contributed by atoms with E-state index in [2.05, 4.69) is 5.32 Å². The van der Waals surface area contributed by atoms with Crippen LogP contribution in [0.3, 0.4) is 0 Å². The van der Waals surface area contributed by atoms with Gasteiger partial charge >= 0.3 is 5.97 Å². The Balaban J connectivity index is 2.33. The molecule has 0 aliphatic rings. The Morgan fingerprint density at radius 1 is 1.07 bits per heavy atom. The highest BCUT2D eigenvalue weighted by Crippen LogP contribution is 2.26.